The van der Waals surface area contributed by atoms with Crippen LogP contribution in [0.25, 0.3) is 0 Å². The molecule has 3 rings (SSSR count). The van der Waals surface area contributed by atoms with Crippen molar-refractivity contribution in [1.82, 2.24) is 5.32 Å². The summed E-state index contributed by atoms with van der Waals surface area (Å²) < 4.78 is 16.5. The summed E-state index contributed by atoms with van der Waals surface area (Å²) in [6, 6.07) is 10.4. The molecule has 0 aliphatic rings. The van der Waals surface area contributed by atoms with Crippen LogP contribution in [0.2, 0.25) is 0 Å². The summed E-state index contributed by atoms with van der Waals surface area (Å²) in [5.41, 5.74) is 10.0. The molecule has 0 saturated carbocycles. The Kier molecular flexibility index (Phi) is 23.2. The molecule has 0 heterocycles. The Balaban J connectivity index is -0.000000545. The van der Waals surface area contributed by atoms with E-state index in [0.29, 0.717) is 28.8 Å². The SMILES string of the molecule is C.CCNC(=O)c1cc(C)c(C(=O)O)c(C)c1.Cc1cc(C(=O)O)cc(C)c1C.Cc1cc(C=O)cc(C)c1C.[Na+].[O-][Cl+][O-]. The van der Waals surface area contributed by atoms with Crippen LogP contribution in [0.3, 0.4) is 0 Å². The molecule has 0 radical (unpaired) electrons. The third-order valence-corrected chi connectivity index (χ3v) is 6.61. The van der Waals surface area contributed by atoms with Crippen LogP contribution in [-0.4, -0.2) is 40.9 Å². The zero-order chi connectivity index (χ0) is 32.7. The third kappa shape index (κ3) is 14.6. The van der Waals surface area contributed by atoms with Gasteiger partial charge in [0.1, 0.15) is 6.29 Å². The van der Waals surface area contributed by atoms with Crippen molar-refractivity contribution in [2.45, 2.75) is 69.7 Å². The van der Waals surface area contributed by atoms with E-state index in [-0.39, 0.29) is 48.5 Å². The van der Waals surface area contributed by atoms with Crippen molar-refractivity contribution in [3.63, 3.8) is 0 Å². The van der Waals surface area contributed by atoms with Crippen LogP contribution < -0.4 is 44.2 Å². The van der Waals surface area contributed by atoms with E-state index in [4.69, 9.17) is 19.5 Å². The van der Waals surface area contributed by atoms with Gasteiger partial charge in [0.25, 0.3) is 5.91 Å². The summed E-state index contributed by atoms with van der Waals surface area (Å²) in [5, 5.41) is 20.4. The van der Waals surface area contributed by atoms with Gasteiger partial charge in [-0.15, -0.1) is 0 Å². The Labute approximate surface area is 287 Å². The summed E-state index contributed by atoms with van der Waals surface area (Å²) >= 11 is -0.417. The quantitative estimate of drug-likeness (QED) is 0.280. The van der Waals surface area contributed by atoms with Crippen molar-refractivity contribution >= 4 is 24.1 Å². The maximum Gasteiger partial charge on any atom is 1.00 e. The molecule has 0 saturated heterocycles. The van der Waals surface area contributed by atoms with E-state index in [2.05, 4.69) is 12.2 Å². The fourth-order valence-electron chi connectivity index (χ4n) is 3.99. The van der Waals surface area contributed by atoms with E-state index in [1.54, 1.807) is 38.1 Å². The zero-order valence-corrected chi connectivity index (χ0v) is 29.2. The standard InChI is InChI=1S/C12H15NO3.C10H12O2.C10H12O.CH4.ClO2.Na/c1-4-13-11(14)9-5-7(2)10(12(15)16)8(3)6-9;1-6-4-9(10(11)12)5-7(2)8(6)3;1-7-4-10(6-11)5-8(2)9(7)3;;2-1-3;/h5-6H,4H2,1-3H3,(H,13,14)(H,15,16);4-5H,1-3H3,(H,11,12);4-6H,1-3H3;1H4;;/q;;;;-1;+1. The second-order valence-corrected chi connectivity index (χ2v) is 9.78. The van der Waals surface area contributed by atoms with Gasteiger partial charge < -0.3 is 24.8 Å². The van der Waals surface area contributed by atoms with Crippen LogP contribution in [0.1, 0.15) is 100 Å². The maximum atomic E-state index is 11.6. The minimum absolute atomic E-state index is 0. The summed E-state index contributed by atoms with van der Waals surface area (Å²) in [6.07, 6.45) is 0.888. The van der Waals surface area contributed by atoms with Gasteiger partial charge >= 0.3 is 41.5 Å². The minimum atomic E-state index is -0.961. The monoisotopic (exact) mass is 639 g/mol. The van der Waals surface area contributed by atoms with E-state index in [1.165, 1.54) is 22.3 Å². The fourth-order valence-corrected chi connectivity index (χ4v) is 3.99. The summed E-state index contributed by atoms with van der Waals surface area (Å²) in [4.78, 5) is 43.6. The summed E-state index contributed by atoms with van der Waals surface area (Å²) in [7, 11) is 0. The normalized spacial score (nSPS) is 9.16. The van der Waals surface area contributed by atoms with Crippen LogP contribution in [0.15, 0.2) is 36.4 Å². The molecule has 9 nitrogen and oxygen atoms in total. The van der Waals surface area contributed by atoms with Crippen molar-refractivity contribution in [2.75, 3.05) is 6.54 Å². The molecule has 236 valence electrons. The first kappa shape index (κ1) is 45.4. The van der Waals surface area contributed by atoms with Crippen LogP contribution in [0.4, 0.5) is 0 Å². The molecular weight excluding hydrogens is 597 g/mol. The van der Waals surface area contributed by atoms with E-state index in [1.807, 2.05) is 53.7 Å². The second-order valence-electron chi connectivity index (χ2n) is 9.65. The summed E-state index contributed by atoms with van der Waals surface area (Å²) in [5.74, 6) is -2.00. The molecule has 0 aliphatic carbocycles. The number of halogens is 1. The molecule has 0 aliphatic heterocycles. The van der Waals surface area contributed by atoms with Crippen LogP contribution in [-0.2, 0) is 0 Å². The van der Waals surface area contributed by atoms with Gasteiger partial charge in [-0.1, -0.05) is 7.43 Å². The molecule has 3 aromatic carbocycles. The molecule has 0 unspecified atom stereocenters. The van der Waals surface area contributed by atoms with Gasteiger partial charge in [-0.25, -0.2) is 9.59 Å². The van der Waals surface area contributed by atoms with Gasteiger partial charge in [-0.05, 0) is 143 Å². The van der Waals surface area contributed by atoms with Crippen LogP contribution in [0.5, 0.6) is 0 Å². The first-order valence-electron chi connectivity index (χ1n) is 12.9. The minimum Gasteiger partial charge on any atom is -0.544 e. The van der Waals surface area contributed by atoms with Crippen molar-refractivity contribution in [2.24, 2.45) is 0 Å². The first-order chi connectivity index (χ1) is 19.5. The van der Waals surface area contributed by atoms with Gasteiger partial charge in [-0.2, -0.15) is 0 Å². The number of rotatable bonds is 5. The molecule has 11 heteroatoms. The van der Waals surface area contributed by atoms with Gasteiger partial charge in [0.05, 0.1) is 22.5 Å². The van der Waals surface area contributed by atoms with Crippen LogP contribution in [0, 0.1) is 66.7 Å². The predicted molar refractivity (Wildman–Crippen MR) is 161 cm³/mol. The zero-order valence-electron chi connectivity index (χ0n) is 26.5. The van der Waals surface area contributed by atoms with Crippen molar-refractivity contribution in [3.05, 3.63) is 103 Å². The van der Waals surface area contributed by atoms with Gasteiger partial charge in [0.2, 0.25) is 0 Å². The van der Waals surface area contributed by atoms with Crippen molar-refractivity contribution in [3.8, 4) is 0 Å². The number of carbonyl (C=O) groups is 4. The molecule has 3 aromatic rings. The van der Waals surface area contributed by atoms with Gasteiger partial charge in [0.15, 0.2) is 0 Å². The van der Waals surface area contributed by atoms with Gasteiger partial charge in [-0.3, -0.25) is 9.59 Å². The smallest absolute Gasteiger partial charge is 0.544 e. The number of benzene rings is 3. The average Bonchev–Trinajstić information content (AvgIpc) is 2.90. The fraction of sp³-hybridized carbons (Fsp3) is 0.333. The number of carboxylic acid groups (broad SMARTS) is 2. The second kappa shape index (κ2) is 22.5. The largest absolute Gasteiger partial charge is 1.00 e. The summed E-state index contributed by atoms with van der Waals surface area (Å²) in [6.45, 7) is 17.7. The molecule has 0 spiro atoms. The van der Waals surface area contributed by atoms with Crippen LogP contribution >= 0.6 is 0 Å². The number of amides is 1. The first-order valence-corrected chi connectivity index (χ1v) is 13.5. The van der Waals surface area contributed by atoms with E-state index >= 15 is 0 Å². The molecule has 1 amide bonds. The third-order valence-electron chi connectivity index (χ3n) is 6.61. The number of aldehydes is 1. The van der Waals surface area contributed by atoms with Crippen molar-refractivity contribution in [1.29, 1.82) is 0 Å². The Morgan fingerprint density at radius 1 is 0.705 bits per heavy atom. The predicted octanol–water partition coefficient (Wildman–Crippen LogP) is 1.75. The Morgan fingerprint density at radius 2 is 1.05 bits per heavy atom. The Morgan fingerprint density at radius 3 is 1.34 bits per heavy atom. The number of aromatic carboxylic acids is 2. The Bertz CT molecular complexity index is 1350. The molecule has 0 aromatic heterocycles. The topological polar surface area (TPSA) is 167 Å². The maximum absolute atomic E-state index is 11.6. The van der Waals surface area contributed by atoms with E-state index < -0.39 is 23.3 Å². The van der Waals surface area contributed by atoms with E-state index in [0.717, 1.165) is 23.0 Å². The average molecular weight is 640 g/mol. The van der Waals surface area contributed by atoms with Gasteiger partial charge in [0, 0.05) is 17.7 Å². The van der Waals surface area contributed by atoms with E-state index in [9.17, 15) is 19.2 Å². The number of aryl methyl sites for hydroxylation is 6. The number of hydrogen-bond acceptors (Lipinski definition) is 6. The number of hydrogen-bond donors (Lipinski definition) is 3. The molecule has 0 bridgehead atoms. The Hall–Kier alpha value is -3.05. The molecule has 0 atom stereocenters. The molecule has 44 heavy (non-hydrogen) atoms. The number of nitrogens with one attached hydrogen (secondary N) is 1. The molecule has 0 fully saturated rings. The number of carbonyl (C=O) groups excluding carboxylic acids is 2. The molecule has 3 N–H and O–H groups in total. The number of carboxylic acids is 2. The van der Waals surface area contributed by atoms with Crippen molar-refractivity contribution < 1.29 is 79.6 Å². The molecular formula is C33H43ClNNaO8.